The van der Waals surface area contributed by atoms with E-state index < -0.39 is 0 Å². The zero-order valence-electron chi connectivity index (χ0n) is 6.32. The number of nitrogens with zero attached hydrogens (tertiary/aromatic N) is 2. The maximum Gasteiger partial charge on any atom is 0.189 e. The van der Waals surface area contributed by atoms with Crippen molar-refractivity contribution >= 4 is 11.8 Å². The molecule has 1 heterocycles. The summed E-state index contributed by atoms with van der Waals surface area (Å²) >= 11 is 1.24. The summed E-state index contributed by atoms with van der Waals surface area (Å²) in [5, 5.41) is 9.21. The average molecular weight is 170 g/mol. The molecule has 0 fully saturated rings. The third-order valence-electron chi connectivity index (χ3n) is 1.25. The Kier molecular flexibility index (Phi) is 3.32. The Labute approximate surface area is 69.9 Å². The van der Waals surface area contributed by atoms with E-state index in [0.717, 1.165) is 12.1 Å². The molecule has 0 aliphatic heterocycles. The van der Waals surface area contributed by atoms with Crippen molar-refractivity contribution in [1.82, 2.24) is 9.97 Å². The van der Waals surface area contributed by atoms with Gasteiger partial charge in [0.2, 0.25) is 0 Å². The van der Waals surface area contributed by atoms with Crippen LogP contribution < -0.4 is 0 Å². The molecule has 3 nitrogen and oxygen atoms in total. The van der Waals surface area contributed by atoms with E-state index in [-0.39, 0.29) is 5.94 Å². The van der Waals surface area contributed by atoms with Gasteiger partial charge < -0.3 is 5.11 Å². The van der Waals surface area contributed by atoms with Crippen LogP contribution in [0, 0.1) is 0 Å². The van der Waals surface area contributed by atoms with Crippen LogP contribution in [0.4, 0.5) is 0 Å². The standard InChI is InChI=1S/C7H10N2OS/c1-2-6-3-4-8-7(9-6)11-5-10/h3-4,10H,2,5H2,1H3. The van der Waals surface area contributed by atoms with Crippen LogP contribution in [-0.4, -0.2) is 21.0 Å². The smallest absolute Gasteiger partial charge is 0.189 e. The minimum absolute atomic E-state index is 0.0349. The van der Waals surface area contributed by atoms with Gasteiger partial charge in [-0.1, -0.05) is 18.7 Å². The molecule has 0 amide bonds. The van der Waals surface area contributed by atoms with Crippen molar-refractivity contribution in [3.05, 3.63) is 18.0 Å². The summed E-state index contributed by atoms with van der Waals surface area (Å²) in [6.45, 7) is 2.04. The van der Waals surface area contributed by atoms with Crippen LogP contribution in [0.25, 0.3) is 0 Å². The zero-order chi connectivity index (χ0) is 8.10. The SMILES string of the molecule is CCc1ccnc(SCO)n1. The van der Waals surface area contributed by atoms with Gasteiger partial charge >= 0.3 is 0 Å². The molecule has 11 heavy (non-hydrogen) atoms. The van der Waals surface area contributed by atoms with E-state index in [4.69, 9.17) is 5.11 Å². The molecule has 0 spiro atoms. The highest BCUT2D eigenvalue weighted by atomic mass is 32.2. The lowest BCUT2D eigenvalue weighted by atomic mass is 10.3. The van der Waals surface area contributed by atoms with Crippen LogP contribution >= 0.6 is 11.8 Å². The van der Waals surface area contributed by atoms with Gasteiger partial charge in [-0.3, -0.25) is 0 Å². The van der Waals surface area contributed by atoms with E-state index in [2.05, 4.69) is 9.97 Å². The van der Waals surface area contributed by atoms with Gasteiger partial charge in [-0.15, -0.1) is 0 Å². The van der Waals surface area contributed by atoms with E-state index in [9.17, 15) is 0 Å². The van der Waals surface area contributed by atoms with Crippen molar-refractivity contribution in [2.45, 2.75) is 18.5 Å². The summed E-state index contributed by atoms with van der Waals surface area (Å²) in [4.78, 5) is 8.14. The minimum Gasteiger partial charge on any atom is -0.385 e. The van der Waals surface area contributed by atoms with E-state index in [1.165, 1.54) is 11.8 Å². The van der Waals surface area contributed by atoms with Crippen molar-refractivity contribution in [2.75, 3.05) is 5.94 Å². The summed E-state index contributed by atoms with van der Waals surface area (Å²) in [5.74, 6) is 0.0349. The molecule has 0 saturated carbocycles. The molecule has 1 rings (SSSR count). The molecule has 0 radical (unpaired) electrons. The Hall–Kier alpha value is -0.610. The van der Waals surface area contributed by atoms with Crippen molar-refractivity contribution < 1.29 is 5.11 Å². The molecule has 4 heteroatoms. The van der Waals surface area contributed by atoms with Gasteiger partial charge in [0.15, 0.2) is 5.16 Å². The van der Waals surface area contributed by atoms with Gasteiger partial charge in [0.05, 0.1) is 5.94 Å². The highest BCUT2D eigenvalue weighted by molar-refractivity contribution is 7.98. The van der Waals surface area contributed by atoms with Crippen LogP contribution in [0.3, 0.4) is 0 Å². The summed E-state index contributed by atoms with van der Waals surface area (Å²) in [5.41, 5.74) is 1.01. The van der Waals surface area contributed by atoms with Gasteiger partial charge in [0.25, 0.3) is 0 Å². The van der Waals surface area contributed by atoms with E-state index in [0.29, 0.717) is 5.16 Å². The third-order valence-corrected chi connectivity index (χ3v) is 1.83. The molecule has 0 unspecified atom stereocenters. The normalized spacial score (nSPS) is 10.0. The first-order valence-electron chi connectivity index (χ1n) is 3.42. The van der Waals surface area contributed by atoms with Gasteiger partial charge in [-0.2, -0.15) is 0 Å². The van der Waals surface area contributed by atoms with Crippen LogP contribution in [0.2, 0.25) is 0 Å². The first-order chi connectivity index (χ1) is 5.36. The summed E-state index contributed by atoms with van der Waals surface area (Å²) in [7, 11) is 0. The van der Waals surface area contributed by atoms with Crippen LogP contribution in [0.15, 0.2) is 17.4 Å². The molecular weight excluding hydrogens is 160 g/mol. The fraction of sp³-hybridized carbons (Fsp3) is 0.429. The van der Waals surface area contributed by atoms with Crippen LogP contribution in [-0.2, 0) is 6.42 Å². The highest BCUT2D eigenvalue weighted by Gasteiger charge is 1.96. The van der Waals surface area contributed by atoms with E-state index in [1.54, 1.807) is 6.20 Å². The lowest BCUT2D eigenvalue weighted by molar-refractivity contribution is 0.375. The molecule has 0 saturated heterocycles. The molecule has 1 aromatic rings. The number of aryl methyl sites for hydroxylation is 1. The third kappa shape index (κ3) is 2.48. The molecule has 1 N–H and O–H groups in total. The maximum atomic E-state index is 8.57. The lowest BCUT2D eigenvalue weighted by Crippen LogP contribution is -1.91. The predicted octanol–water partition coefficient (Wildman–Crippen LogP) is 1.08. The fourth-order valence-corrected chi connectivity index (χ4v) is 1.13. The molecule has 0 aliphatic carbocycles. The van der Waals surface area contributed by atoms with Crippen molar-refractivity contribution in [2.24, 2.45) is 0 Å². The first-order valence-corrected chi connectivity index (χ1v) is 4.41. The highest BCUT2D eigenvalue weighted by Crippen LogP contribution is 2.10. The van der Waals surface area contributed by atoms with Gasteiger partial charge in [-0.25, -0.2) is 9.97 Å². The Morgan fingerprint density at radius 2 is 2.45 bits per heavy atom. The zero-order valence-corrected chi connectivity index (χ0v) is 7.14. The van der Waals surface area contributed by atoms with Crippen molar-refractivity contribution in [3.8, 4) is 0 Å². The predicted molar refractivity (Wildman–Crippen MR) is 44.4 cm³/mol. The van der Waals surface area contributed by atoms with Crippen molar-refractivity contribution in [3.63, 3.8) is 0 Å². The largest absolute Gasteiger partial charge is 0.385 e. The topological polar surface area (TPSA) is 46.0 Å². The van der Waals surface area contributed by atoms with Crippen LogP contribution in [0.1, 0.15) is 12.6 Å². The van der Waals surface area contributed by atoms with Gasteiger partial charge in [-0.05, 0) is 12.5 Å². The molecular formula is C7H10N2OS. The van der Waals surface area contributed by atoms with Crippen molar-refractivity contribution in [1.29, 1.82) is 0 Å². The number of aliphatic hydroxyl groups excluding tert-OH is 1. The molecule has 1 aromatic heterocycles. The monoisotopic (exact) mass is 170 g/mol. The van der Waals surface area contributed by atoms with Crippen LogP contribution in [0.5, 0.6) is 0 Å². The first kappa shape index (κ1) is 8.49. The number of hydrogen-bond donors (Lipinski definition) is 1. The summed E-state index contributed by atoms with van der Waals surface area (Å²) in [6.07, 6.45) is 2.62. The maximum absolute atomic E-state index is 8.57. The second-order valence-electron chi connectivity index (χ2n) is 1.96. The summed E-state index contributed by atoms with van der Waals surface area (Å²) < 4.78 is 0. The minimum atomic E-state index is 0.0349. The van der Waals surface area contributed by atoms with Gasteiger partial charge in [0, 0.05) is 11.9 Å². The second-order valence-corrected chi connectivity index (χ2v) is 2.87. The molecule has 0 bridgehead atoms. The number of aromatic nitrogens is 2. The number of hydrogen-bond acceptors (Lipinski definition) is 4. The number of rotatable bonds is 3. The Bertz CT molecular complexity index is 229. The molecule has 0 atom stereocenters. The van der Waals surface area contributed by atoms with Gasteiger partial charge in [0.1, 0.15) is 0 Å². The molecule has 60 valence electrons. The quantitative estimate of drug-likeness (QED) is 0.419. The number of thioether (sulfide) groups is 1. The number of aliphatic hydroxyl groups is 1. The Morgan fingerprint density at radius 3 is 3.09 bits per heavy atom. The van der Waals surface area contributed by atoms with E-state index >= 15 is 0 Å². The van der Waals surface area contributed by atoms with E-state index in [1.807, 2.05) is 13.0 Å². The average Bonchev–Trinajstić information content (AvgIpc) is 2.06. The second kappa shape index (κ2) is 4.31. The summed E-state index contributed by atoms with van der Waals surface area (Å²) in [6, 6.07) is 1.88. The fourth-order valence-electron chi connectivity index (χ4n) is 0.700. The molecule has 0 aliphatic rings. The molecule has 0 aromatic carbocycles. The Morgan fingerprint density at radius 1 is 1.64 bits per heavy atom. The lowest BCUT2D eigenvalue weighted by Gasteiger charge is -1.97. The Balaban J connectivity index is 2.74.